The van der Waals surface area contributed by atoms with Crippen LogP contribution in [0.1, 0.15) is 47.5 Å². The fourth-order valence-corrected chi connectivity index (χ4v) is 4.85. The lowest BCUT2D eigenvalue weighted by molar-refractivity contribution is 0.0369. The monoisotopic (exact) mass is 327 g/mol. The minimum Gasteiger partial charge on any atom is -0.366 e. The SMILES string of the molecule is c1cc(CN2C[C@@H]3C[C@@H](c4nc(C5CC5)cs4)O[C@@H]3C2)ccn1. The quantitative estimate of drug-likeness (QED) is 0.863. The van der Waals surface area contributed by atoms with Crippen LogP contribution in [0.15, 0.2) is 29.9 Å². The number of hydrogen-bond acceptors (Lipinski definition) is 5. The predicted octanol–water partition coefficient (Wildman–Crippen LogP) is 3.38. The molecule has 0 N–H and O–H groups in total. The van der Waals surface area contributed by atoms with Gasteiger partial charge in [-0.1, -0.05) is 0 Å². The molecule has 23 heavy (non-hydrogen) atoms. The van der Waals surface area contributed by atoms with E-state index in [1.165, 1.54) is 29.1 Å². The Hall–Kier alpha value is -1.30. The van der Waals surface area contributed by atoms with Gasteiger partial charge in [-0.15, -0.1) is 11.3 Å². The van der Waals surface area contributed by atoms with Crippen molar-refractivity contribution in [2.45, 2.75) is 43.9 Å². The fourth-order valence-electron chi connectivity index (χ4n) is 3.90. The van der Waals surface area contributed by atoms with Gasteiger partial charge in [0.05, 0.1) is 11.8 Å². The molecule has 5 rings (SSSR count). The Morgan fingerprint density at radius 3 is 2.87 bits per heavy atom. The van der Waals surface area contributed by atoms with Gasteiger partial charge in [0.25, 0.3) is 0 Å². The van der Waals surface area contributed by atoms with Crippen LogP contribution in [0.5, 0.6) is 0 Å². The van der Waals surface area contributed by atoms with Crippen molar-refractivity contribution in [1.82, 2.24) is 14.9 Å². The molecule has 1 aliphatic carbocycles. The van der Waals surface area contributed by atoms with Crippen LogP contribution in [0.4, 0.5) is 0 Å². The number of likely N-dealkylation sites (tertiary alicyclic amines) is 1. The number of fused-ring (bicyclic) bond motifs is 1. The second kappa shape index (κ2) is 5.65. The zero-order valence-electron chi connectivity index (χ0n) is 13.1. The van der Waals surface area contributed by atoms with E-state index in [4.69, 9.17) is 9.72 Å². The first-order valence-corrected chi connectivity index (χ1v) is 9.45. The lowest BCUT2D eigenvalue weighted by Crippen LogP contribution is -2.23. The number of ether oxygens (including phenoxy) is 1. The van der Waals surface area contributed by atoms with Gasteiger partial charge in [0, 0.05) is 49.2 Å². The summed E-state index contributed by atoms with van der Waals surface area (Å²) in [6, 6.07) is 4.21. The van der Waals surface area contributed by atoms with Crippen molar-refractivity contribution in [2.24, 2.45) is 5.92 Å². The second-order valence-corrected chi connectivity index (χ2v) is 7.98. The standard InChI is InChI=1S/C18H21N3OS/c1-2-13(1)15-11-23-18(20-15)16-7-14-9-21(10-17(14)22-16)8-12-3-5-19-6-4-12/h3-6,11,13-14,16-17H,1-2,7-10H2/t14-,16-,17+/m0/s1. The van der Waals surface area contributed by atoms with Crippen molar-refractivity contribution >= 4 is 11.3 Å². The molecule has 2 aromatic heterocycles. The van der Waals surface area contributed by atoms with Crippen molar-refractivity contribution in [3.8, 4) is 0 Å². The Kier molecular flexibility index (Phi) is 3.46. The highest BCUT2D eigenvalue weighted by Crippen LogP contribution is 2.45. The Morgan fingerprint density at radius 2 is 2.09 bits per heavy atom. The maximum atomic E-state index is 6.35. The van der Waals surface area contributed by atoms with Crippen molar-refractivity contribution < 1.29 is 4.74 Å². The van der Waals surface area contributed by atoms with Crippen molar-refractivity contribution in [3.05, 3.63) is 46.2 Å². The summed E-state index contributed by atoms with van der Waals surface area (Å²) in [6.07, 6.45) is 8.15. The number of aromatic nitrogens is 2. The van der Waals surface area contributed by atoms with Gasteiger partial charge in [-0.05, 0) is 37.0 Å². The first kappa shape index (κ1) is 14.1. The molecule has 4 heterocycles. The van der Waals surface area contributed by atoms with Crippen LogP contribution in [-0.2, 0) is 11.3 Å². The van der Waals surface area contributed by atoms with Gasteiger partial charge >= 0.3 is 0 Å². The van der Waals surface area contributed by atoms with E-state index < -0.39 is 0 Å². The molecule has 0 bridgehead atoms. The molecule has 2 aromatic rings. The molecule has 2 aliphatic heterocycles. The van der Waals surface area contributed by atoms with Crippen molar-refractivity contribution in [1.29, 1.82) is 0 Å². The summed E-state index contributed by atoms with van der Waals surface area (Å²) < 4.78 is 6.35. The molecule has 4 nitrogen and oxygen atoms in total. The van der Waals surface area contributed by atoms with Gasteiger partial charge in [-0.3, -0.25) is 9.88 Å². The summed E-state index contributed by atoms with van der Waals surface area (Å²) in [5, 5.41) is 3.46. The highest BCUT2D eigenvalue weighted by Gasteiger charge is 2.43. The highest BCUT2D eigenvalue weighted by molar-refractivity contribution is 7.09. The van der Waals surface area contributed by atoms with Crippen LogP contribution in [0.2, 0.25) is 0 Å². The fraction of sp³-hybridized carbons (Fsp3) is 0.556. The molecule has 0 spiro atoms. The van der Waals surface area contributed by atoms with Crippen LogP contribution in [0, 0.1) is 5.92 Å². The van der Waals surface area contributed by atoms with Crippen LogP contribution < -0.4 is 0 Å². The zero-order chi connectivity index (χ0) is 15.2. The van der Waals surface area contributed by atoms with E-state index >= 15 is 0 Å². The molecule has 0 aromatic carbocycles. The van der Waals surface area contributed by atoms with Crippen LogP contribution >= 0.6 is 11.3 Å². The second-order valence-electron chi connectivity index (χ2n) is 7.09. The predicted molar refractivity (Wildman–Crippen MR) is 89.3 cm³/mol. The molecule has 3 aliphatic rings. The Balaban J connectivity index is 1.21. The molecule has 5 heteroatoms. The normalized spacial score (nSPS) is 30.7. The molecular weight excluding hydrogens is 306 g/mol. The van der Waals surface area contributed by atoms with Crippen molar-refractivity contribution in [2.75, 3.05) is 13.1 Å². The lowest BCUT2D eigenvalue weighted by atomic mass is 10.0. The molecule has 0 amide bonds. The summed E-state index contributed by atoms with van der Waals surface area (Å²) >= 11 is 1.80. The van der Waals surface area contributed by atoms with Gasteiger partial charge in [0.15, 0.2) is 0 Å². The summed E-state index contributed by atoms with van der Waals surface area (Å²) in [4.78, 5) is 11.4. The van der Waals surface area contributed by atoms with Crippen molar-refractivity contribution in [3.63, 3.8) is 0 Å². The smallest absolute Gasteiger partial charge is 0.122 e. The van der Waals surface area contributed by atoms with E-state index in [1.54, 1.807) is 11.3 Å². The first-order chi connectivity index (χ1) is 11.3. The Bertz CT molecular complexity index is 671. The first-order valence-electron chi connectivity index (χ1n) is 8.57. The van der Waals surface area contributed by atoms with E-state index in [-0.39, 0.29) is 6.10 Å². The van der Waals surface area contributed by atoms with E-state index in [0.717, 1.165) is 32.0 Å². The number of thiazole rings is 1. The summed E-state index contributed by atoms with van der Waals surface area (Å²) in [7, 11) is 0. The molecule has 1 saturated carbocycles. The molecule has 3 atom stereocenters. The van der Waals surface area contributed by atoms with Gasteiger partial charge < -0.3 is 4.74 Å². The van der Waals surface area contributed by atoms with Crippen LogP contribution in [0.25, 0.3) is 0 Å². The molecule has 0 unspecified atom stereocenters. The number of hydrogen-bond donors (Lipinski definition) is 0. The minimum absolute atomic E-state index is 0.241. The maximum absolute atomic E-state index is 6.35. The molecule has 0 radical (unpaired) electrons. The number of nitrogens with zero attached hydrogens (tertiary/aromatic N) is 3. The number of pyridine rings is 1. The van der Waals surface area contributed by atoms with Gasteiger partial charge in [0.2, 0.25) is 0 Å². The highest BCUT2D eigenvalue weighted by atomic mass is 32.1. The van der Waals surface area contributed by atoms with E-state index in [9.17, 15) is 0 Å². The lowest BCUT2D eigenvalue weighted by Gasteiger charge is -2.18. The Morgan fingerprint density at radius 1 is 1.22 bits per heavy atom. The molecular formula is C18H21N3OS. The largest absolute Gasteiger partial charge is 0.366 e. The minimum atomic E-state index is 0.241. The van der Waals surface area contributed by atoms with Crippen LogP contribution in [-0.4, -0.2) is 34.1 Å². The number of rotatable bonds is 4. The average molecular weight is 327 g/mol. The molecule has 120 valence electrons. The molecule has 2 saturated heterocycles. The third-order valence-electron chi connectivity index (χ3n) is 5.28. The third-order valence-corrected chi connectivity index (χ3v) is 6.23. The maximum Gasteiger partial charge on any atom is 0.122 e. The van der Waals surface area contributed by atoms with E-state index in [2.05, 4.69) is 27.4 Å². The van der Waals surface area contributed by atoms with E-state index in [1.807, 2.05) is 12.4 Å². The van der Waals surface area contributed by atoms with Crippen LogP contribution in [0.3, 0.4) is 0 Å². The van der Waals surface area contributed by atoms with Gasteiger partial charge in [-0.25, -0.2) is 4.98 Å². The Labute approximate surface area is 140 Å². The van der Waals surface area contributed by atoms with Gasteiger partial charge in [0.1, 0.15) is 11.1 Å². The molecule has 3 fully saturated rings. The summed E-state index contributed by atoms with van der Waals surface area (Å²) in [5.74, 6) is 1.41. The zero-order valence-corrected chi connectivity index (χ0v) is 13.9. The topological polar surface area (TPSA) is 38.2 Å². The van der Waals surface area contributed by atoms with E-state index in [0.29, 0.717) is 12.0 Å². The average Bonchev–Trinajstić information content (AvgIpc) is 2.99. The summed E-state index contributed by atoms with van der Waals surface area (Å²) in [5.41, 5.74) is 2.65. The third kappa shape index (κ3) is 2.82. The summed E-state index contributed by atoms with van der Waals surface area (Å²) in [6.45, 7) is 3.20. The van der Waals surface area contributed by atoms with Gasteiger partial charge in [-0.2, -0.15) is 0 Å².